The Kier molecular flexibility index (Phi) is 5.65. The third-order valence-corrected chi connectivity index (χ3v) is 3.13. The van der Waals surface area contributed by atoms with E-state index in [9.17, 15) is 4.79 Å². The predicted octanol–water partition coefficient (Wildman–Crippen LogP) is 2.55. The first kappa shape index (κ1) is 15.4. The second-order valence-corrected chi connectivity index (χ2v) is 5.08. The van der Waals surface area contributed by atoms with Crippen molar-refractivity contribution in [1.82, 2.24) is 9.97 Å². The number of nitrogens with zero attached hydrogens (tertiary/aromatic N) is 2. The first-order valence-corrected chi connectivity index (χ1v) is 7.10. The van der Waals surface area contributed by atoms with Gasteiger partial charge in [-0.3, -0.25) is 4.79 Å². The van der Waals surface area contributed by atoms with Crippen molar-refractivity contribution in [2.45, 2.75) is 0 Å². The molecule has 7 heteroatoms. The maximum absolute atomic E-state index is 12.0. The number of hydrogen-bond donors (Lipinski definition) is 2. The standard InChI is InChI=1S/C14H15BrN4O2/c1-21-7-6-16-13-9-17-12(8-18-13)14(20)19-11-4-2-10(15)3-5-11/h2-5,8-9H,6-7H2,1H3,(H,16,18)(H,19,20). The van der Waals surface area contributed by atoms with Crippen LogP contribution >= 0.6 is 15.9 Å². The Morgan fingerprint density at radius 2 is 2.00 bits per heavy atom. The minimum Gasteiger partial charge on any atom is -0.383 e. The highest BCUT2D eigenvalue weighted by molar-refractivity contribution is 9.10. The van der Waals surface area contributed by atoms with Crippen molar-refractivity contribution in [1.29, 1.82) is 0 Å². The minimum absolute atomic E-state index is 0.259. The summed E-state index contributed by atoms with van der Waals surface area (Å²) in [6, 6.07) is 7.31. The molecule has 0 aliphatic carbocycles. The number of methoxy groups -OCH3 is 1. The van der Waals surface area contributed by atoms with Crippen LogP contribution in [0.2, 0.25) is 0 Å². The van der Waals surface area contributed by atoms with Gasteiger partial charge in [0.15, 0.2) is 0 Å². The molecular formula is C14H15BrN4O2. The van der Waals surface area contributed by atoms with E-state index in [0.29, 0.717) is 24.7 Å². The molecule has 1 heterocycles. The molecule has 0 fully saturated rings. The lowest BCUT2D eigenvalue weighted by molar-refractivity contribution is 0.102. The Morgan fingerprint density at radius 1 is 1.24 bits per heavy atom. The van der Waals surface area contributed by atoms with Gasteiger partial charge in [-0.2, -0.15) is 0 Å². The van der Waals surface area contributed by atoms with Gasteiger partial charge in [-0.1, -0.05) is 15.9 Å². The van der Waals surface area contributed by atoms with E-state index < -0.39 is 0 Å². The average molecular weight is 351 g/mol. The Hall–Kier alpha value is -1.99. The summed E-state index contributed by atoms with van der Waals surface area (Å²) in [6.07, 6.45) is 2.95. The number of anilines is 2. The molecule has 0 bridgehead atoms. The summed E-state index contributed by atoms with van der Waals surface area (Å²) in [6.45, 7) is 1.21. The number of rotatable bonds is 6. The fourth-order valence-corrected chi connectivity index (χ4v) is 1.81. The van der Waals surface area contributed by atoms with Gasteiger partial charge in [-0.05, 0) is 24.3 Å². The molecule has 0 atom stereocenters. The van der Waals surface area contributed by atoms with E-state index >= 15 is 0 Å². The number of amides is 1. The molecule has 0 radical (unpaired) electrons. The highest BCUT2D eigenvalue weighted by Gasteiger charge is 2.08. The summed E-state index contributed by atoms with van der Waals surface area (Å²) >= 11 is 3.34. The molecule has 2 aromatic rings. The van der Waals surface area contributed by atoms with Gasteiger partial charge in [-0.15, -0.1) is 0 Å². The number of aromatic nitrogens is 2. The van der Waals surface area contributed by atoms with Gasteiger partial charge in [-0.25, -0.2) is 9.97 Å². The van der Waals surface area contributed by atoms with Crippen molar-refractivity contribution in [2.24, 2.45) is 0 Å². The molecule has 2 N–H and O–H groups in total. The van der Waals surface area contributed by atoms with E-state index in [1.807, 2.05) is 12.1 Å². The second-order valence-electron chi connectivity index (χ2n) is 4.17. The molecule has 6 nitrogen and oxygen atoms in total. The number of carbonyl (C=O) groups excluding carboxylic acids is 1. The highest BCUT2D eigenvalue weighted by Crippen LogP contribution is 2.14. The minimum atomic E-state index is -0.298. The average Bonchev–Trinajstić information content (AvgIpc) is 2.50. The quantitative estimate of drug-likeness (QED) is 0.783. The van der Waals surface area contributed by atoms with Crippen LogP contribution in [0, 0.1) is 0 Å². The third kappa shape index (κ3) is 4.80. The first-order valence-electron chi connectivity index (χ1n) is 6.31. The smallest absolute Gasteiger partial charge is 0.275 e. The predicted molar refractivity (Wildman–Crippen MR) is 84.5 cm³/mol. The maximum Gasteiger partial charge on any atom is 0.275 e. The maximum atomic E-state index is 12.0. The van der Waals surface area contributed by atoms with E-state index in [2.05, 4.69) is 36.5 Å². The van der Waals surface area contributed by atoms with E-state index in [0.717, 1.165) is 4.47 Å². The molecule has 0 saturated carbocycles. The zero-order valence-corrected chi connectivity index (χ0v) is 13.1. The summed E-state index contributed by atoms with van der Waals surface area (Å²) < 4.78 is 5.87. The van der Waals surface area contributed by atoms with Crippen LogP contribution < -0.4 is 10.6 Å². The van der Waals surface area contributed by atoms with Crippen LogP contribution in [0.15, 0.2) is 41.1 Å². The molecule has 2 rings (SSSR count). The lowest BCUT2D eigenvalue weighted by Gasteiger charge is -2.06. The second kappa shape index (κ2) is 7.70. The monoisotopic (exact) mass is 350 g/mol. The molecule has 1 aromatic carbocycles. The zero-order chi connectivity index (χ0) is 15.1. The molecule has 110 valence electrons. The molecule has 0 aliphatic rings. The lowest BCUT2D eigenvalue weighted by atomic mass is 10.3. The van der Waals surface area contributed by atoms with Crippen molar-refractivity contribution in [3.8, 4) is 0 Å². The molecule has 0 unspecified atom stereocenters. The van der Waals surface area contributed by atoms with Crippen LogP contribution in [-0.2, 0) is 4.74 Å². The van der Waals surface area contributed by atoms with Crippen molar-refractivity contribution in [2.75, 3.05) is 30.9 Å². The number of ether oxygens (including phenoxy) is 1. The fourth-order valence-electron chi connectivity index (χ4n) is 1.55. The molecular weight excluding hydrogens is 336 g/mol. The van der Waals surface area contributed by atoms with E-state index in [4.69, 9.17) is 4.74 Å². The topological polar surface area (TPSA) is 76.1 Å². The Balaban J connectivity index is 1.94. The fraction of sp³-hybridized carbons (Fsp3) is 0.214. The summed E-state index contributed by atoms with van der Waals surface area (Å²) in [5.41, 5.74) is 0.961. The molecule has 0 spiro atoms. The van der Waals surface area contributed by atoms with Crippen molar-refractivity contribution >= 4 is 33.3 Å². The summed E-state index contributed by atoms with van der Waals surface area (Å²) in [5.74, 6) is 0.306. The number of nitrogens with one attached hydrogen (secondary N) is 2. The normalized spacial score (nSPS) is 10.2. The largest absolute Gasteiger partial charge is 0.383 e. The zero-order valence-electron chi connectivity index (χ0n) is 11.5. The molecule has 21 heavy (non-hydrogen) atoms. The van der Waals surface area contributed by atoms with Crippen LogP contribution in [0.25, 0.3) is 0 Å². The molecule has 1 aromatic heterocycles. The summed E-state index contributed by atoms with van der Waals surface area (Å²) in [4.78, 5) is 20.2. The van der Waals surface area contributed by atoms with Crippen molar-refractivity contribution in [3.05, 3.63) is 46.8 Å². The van der Waals surface area contributed by atoms with E-state index in [1.54, 1.807) is 19.2 Å². The number of carbonyl (C=O) groups is 1. The van der Waals surface area contributed by atoms with Crippen LogP contribution in [0.4, 0.5) is 11.5 Å². The van der Waals surface area contributed by atoms with Crippen LogP contribution in [0.1, 0.15) is 10.5 Å². The number of benzene rings is 1. The number of hydrogen-bond acceptors (Lipinski definition) is 5. The number of halogens is 1. The van der Waals surface area contributed by atoms with Gasteiger partial charge in [0.05, 0.1) is 19.0 Å². The highest BCUT2D eigenvalue weighted by atomic mass is 79.9. The van der Waals surface area contributed by atoms with Gasteiger partial charge in [0, 0.05) is 23.8 Å². The third-order valence-electron chi connectivity index (χ3n) is 2.60. The molecule has 0 aliphatic heterocycles. The SMILES string of the molecule is COCCNc1cnc(C(=O)Nc2ccc(Br)cc2)cn1. The molecule has 1 amide bonds. The molecule has 0 saturated heterocycles. The van der Waals surface area contributed by atoms with E-state index in [1.165, 1.54) is 12.4 Å². The lowest BCUT2D eigenvalue weighted by Crippen LogP contribution is -2.15. The Morgan fingerprint density at radius 3 is 2.62 bits per heavy atom. The first-order chi connectivity index (χ1) is 10.2. The van der Waals surface area contributed by atoms with Gasteiger partial charge in [0.25, 0.3) is 5.91 Å². The van der Waals surface area contributed by atoms with E-state index in [-0.39, 0.29) is 11.6 Å². The van der Waals surface area contributed by atoms with Gasteiger partial charge >= 0.3 is 0 Å². The van der Waals surface area contributed by atoms with Crippen molar-refractivity contribution < 1.29 is 9.53 Å². The van der Waals surface area contributed by atoms with Gasteiger partial charge < -0.3 is 15.4 Å². The van der Waals surface area contributed by atoms with Crippen molar-refractivity contribution in [3.63, 3.8) is 0 Å². The van der Waals surface area contributed by atoms with Gasteiger partial charge in [0.2, 0.25) is 0 Å². The van der Waals surface area contributed by atoms with Crippen LogP contribution in [0.5, 0.6) is 0 Å². The van der Waals surface area contributed by atoms with Gasteiger partial charge in [0.1, 0.15) is 11.5 Å². The summed E-state index contributed by atoms with van der Waals surface area (Å²) in [7, 11) is 1.63. The Bertz CT molecular complexity index is 587. The van der Waals surface area contributed by atoms with Crippen LogP contribution in [0.3, 0.4) is 0 Å². The summed E-state index contributed by atoms with van der Waals surface area (Å²) in [5, 5.41) is 5.79. The van der Waals surface area contributed by atoms with Crippen LogP contribution in [-0.4, -0.2) is 36.1 Å². The Labute approximate surface area is 131 Å².